The van der Waals surface area contributed by atoms with E-state index in [1.807, 2.05) is 24.3 Å². The summed E-state index contributed by atoms with van der Waals surface area (Å²) in [6.07, 6.45) is 1.49. The summed E-state index contributed by atoms with van der Waals surface area (Å²) in [5.41, 5.74) is 1.07. The molecule has 1 aromatic carbocycles. The third-order valence-electron chi connectivity index (χ3n) is 2.00. The Balaban J connectivity index is 1.99. The van der Waals surface area contributed by atoms with Crippen LogP contribution in [-0.2, 0) is 6.54 Å². The second kappa shape index (κ2) is 4.81. The molecule has 0 atom stereocenters. The Labute approximate surface area is 97.9 Å². The van der Waals surface area contributed by atoms with Crippen molar-refractivity contribution in [2.75, 3.05) is 5.32 Å². The van der Waals surface area contributed by atoms with Gasteiger partial charge in [0.1, 0.15) is 0 Å². The second-order valence-electron chi connectivity index (χ2n) is 3.22. The molecule has 0 radical (unpaired) electrons. The molecule has 2 rings (SSSR count). The van der Waals surface area contributed by atoms with E-state index >= 15 is 0 Å². The van der Waals surface area contributed by atoms with Crippen molar-refractivity contribution in [1.29, 1.82) is 0 Å². The molecular formula is C11H10ClN3O. The lowest BCUT2D eigenvalue weighted by Gasteiger charge is -2.04. The fraction of sp³-hybridized carbons (Fsp3) is 0.0909. The molecule has 0 aliphatic rings. The predicted molar refractivity (Wildman–Crippen MR) is 62.5 cm³/mol. The Bertz CT molecular complexity index is 473. The van der Waals surface area contributed by atoms with Gasteiger partial charge >= 0.3 is 0 Å². The summed E-state index contributed by atoms with van der Waals surface area (Å²) >= 11 is 5.77. The summed E-state index contributed by atoms with van der Waals surface area (Å²) in [4.78, 5) is 7.78. The van der Waals surface area contributed by atoms with Gasteiger partial charge in [0.15, 0.2) is 0 Å². The van der Waals surface area contributed by atoms with Crippen LogP contribution in [0.2, 0.25) is 5.02 Å². The summed E-state index contributed by atoms with van der Waals surface area (Å²) in [6.45, 7) is 0.584. The van der Waals surface area contributed by atoms with Crippen LogP contribution >= 0.6 is 11.6 Å². The molecule has 5 heteroatoms. The van der Waals surface area contributed by atoms with Gasteiger partial charge in [0.25, 0.3) is 0 Å². The first kappa shape index (κ1) is 10.7. The van der Waals surface area contributed by atoms with Crippen molar-refractivity contribution < 1.29 is 5.11 Å². The third-order valence-corrected chi connectivity index (χ3v) is 2.26. The van der Waals surface area contributed by atoms with E-state index in [1.54, 1.807) is 0 Å². The lowest BCUT2D eigenvalue weighted by molar-refractivity contribution is 0.453. The molecule has 0 bridgehead atoms. The number of anilines is 1. The van der Waals surface area contributed by atoms with Crippen molar-refractivity contribution in [3.05, 3.63) is 47.1 Å². The number of hydrogen-bond acceptors (Lipinski definition) is 4. The van der Waals surface area contributed by atoms with Gasteiger partial charge in [0.05, 0.1) is 0 Å². The summed E-state index contributed by atoms with van der Waals surface area (Å²) in [5, 5.41) is 12.8. The van der Waals surface area contributed by atoms with Gasteiger partial charge in [-0.05, 0) is 17.7 Å². The number of aromatic nitrogens is 2. The number of benzene rings is 1. The molecule has 82 valence electrons. The van der Waals surface area contributed by atoms with Gasteiger partial charge in [-0.15, -0.1) is 0 Å². The van der Waals surface area contributed by atoms with Crippen LogP contribution in [0.1, 0.15) is 5.56 Å². The minimum atomic E-state index is -0.0476. The lowest BCUT2D eigenvalue weighted by Crippen LogP contribution is -2.02. The van der Waals surface area contributed by atoms with Crippen LogP contribution in [0.4, 0.5) is 5.95 Å². The summed E-state index contributed by atoms with van der Waals surface area (Å²) < 4.78 is 0. The Morgan fingerprint density at radius 1 is 1.19 bits per heavy atom. The third kappa shape index (κ3) is 2.84. The first-order valence-electron chi connectivity index (χ1n) is 4.74. The van der Waals surface area contributed by atoms with Crippen LogP contribution in [0.3, 0.4) is 0 Å². The van der Waals surface area contributed by atoms with Crippen molar-refractivity contribution >= 4 is 17.5 Å². The first-order chi connectivity index (χ1) is 7.74. The zero-order chi connectivity index (χ0) is 11.4. The van der Waals surface area contributed by atoms with Gasteiger partial charge in [-0.25, -0.2) is 4.98 Å². The number of hydrogen-bond donors (Lipinski definition) is 2. The topological polar surface area (TPSA) is 58.0 Å². The monoisotopic (exact) mass is 235 g/mol. The quantitative estimate of drug-likeness (QED) is 0.858. The van der Waals surface area contributed by atoms with Gasteiger partial charge in [-0.2, -0.15) is 4.98 Å². The minimum Gasteiger partial charge on any atom is -0.493 e. The molecule has 4 nitrogen and oxygen atoms in total. The number of rotatable bonds is 3. The Morgan fingerprint density at radius 2 is 1.94 bits per heavy atom. The van der Waals surface area contributed by atoms with Crippen LogP contribution in [0, 0.1) is 0 Å². The zero-order valence-corrected chi connectivity index (χ0v) is 9.15. The maximum atomic E-state index is 9.14. The minimum absolute atomic E-state index is 0.0476. The molecule has 1 heterocycles. The molecule has 0 aliphatic heterocycles. The van der Waals surface area contributed by atoms with E-state index in [0.717, 1.165) is 5.56 Å². The van der Waals surface area contributed by atoms with E-state index < -0.39 is 0 Å². The highest BCUT2D eigenvalue weighted by Gasteiger charge is 1.97. The van der Waals surface area contributed by atoms with E-state index in [1.165, 1.54) is 12.3 Å². The molecule has 0 saturated heterocycles. The van der Waals surface area contributed by atoms with Crippen molar-refractivity contribution in [3.8, 4) is 5.88 Å². The maximum absolute atomic E-state index is 9.14. The molecule has 0 aliphatic carbocycles. The maximum Gasteiger partial charge on any atom is 0.226 e. The van der Waals surface area contributed by atoms with Gasteiger partial charge in [0, 0.05) is 23.8 Å². The van der Waals surface area contributed by atoms with Gasteiger partial charge in [-0.1, -0.05) is 23.7 Å². The highest BCUT2D eigenvalue weighted by atomic mass is 35.5. The van der Waals surface area contributed by atoms with E-state index in [9.17, 15) is 0 Å². The molecule has 0 fully saturated rings. The number of aromatic hydroxyl groups is 1. The summed E-state index contributed by atoms with van der Waals surface area (Å²) in [5.74, 6) is 0.351. The van der Waals surface area contributed by atoms with Crippen molar-refractivity contribution in [2.24, 2.45) is 0 Å². The van der Waals surface area contributed by atoms with Crippen LogP contribution in [-0.4, -0.2) is 15.1 Å². The highest BCUT2D eigenvalue weighted by Crippen LogP contribution is 2.11. The zero-order valence-electron chi connectivity index (χ0n) is 8.39. The number of nitrogens with one attached hydrogen (secondary N) is 1. The molecule has 0 amide bonds. The fourth-order valence-corrected chi connectivity index (χ4v) is 1.34. The van der Waals surface area contributed by atoms with Crippen LogP contribution < -0.4 is 5.32 Å². The van der Waals surface area contributed by atoms with Crippen LogP contribution in [0.15, 0.2) is 36.5 Å². The molecule has 16 heavy (non-hydrogen) atoms. The van der Waals surface area contributed by atoms with E-state index in [2.05, 4.69) is 15.3 Å². The van der Waals surface area contributed by atoms with Crippen molar-refractivity contribution in [1.82, 2.24) is 9.97 Å². The number of nitrogens with zero attached hydrogens (tertiary/aromatic N) is 2. The second-order valence-corrected chi connectivity index (χ2v) is 3.65. The Hall–Kier alpha value is -1.81. The predicted octanol–water partition coefficient (Wildman–Crippen LogP) is 2.45. The molecule has 2 aromatic rings. The molecule has 1 aromatic heterocycles. The standard InChI is InChI=1S/C11H10ClN3O/c12-9-3-1-8(2-4-9)7-14-11-13-6-5-10(16)15-11/h1-6H,7H2,(H2,13,14,15,16). The van der Waals surface area contributed by atoms with Crippen LogP contribution in [0.25, 0.3) is 0 Å². The normalized spacial score (nSPS) is 10.1. The average Bonchev–Trinajstić information content (AvgIpc) is 2.28. The van der Waals surface area contributed by atoms with E-state index in [4.69, 9.17) is 16.7 Å². The van der Waals surface area contributed by atoms with E-state index in [-0.39, 0.29) is 5.88 Å². The van der Waals surface area contributed by atoms with Gasteiger partial charge in [-0.3, -0.25) is 0 Å². The average molecular weight is 236 g/mol. The number of halogens is 1. The van der Waals surface area contributed by atoms with E-state index in [0.29, 0.717) is 17.5 Å². The van der Waals surface area contributed by atoms with Gasteiger partial charge in [0.2, 0.25) is 11.8 Å². The molecular weight excluding hydrogens is 226 g/mol. The molecule has 0 unspecified atom stereocenters. The molecule has 2 N–H and O–H groups in total. The molecule has 0 saturated carbocycles. The lowest BCUT2D eigenvalue weighted by atomic mass is 10.2. The van der Waals surface area contributed by atoms with Crippen molar-refractivity contribution in [3.63, 3.8) is 0 Å². The highest BCUT2D eigenvalue weighted by molar-refractivity contribution is 6.30. The smallest absolute Gasteiger partial charge is 0.226 e. The van der Waals surface area contributed by atoms with Gasteiger partial charge < -0.3 is 10.4 Å². The Morgan fingerprint density at radius 3 is 2.62 bits per heavy atom. The van der Waals surface area contributed by atoms with Crippen LogP contribution in [0.5, 0.6) is 5.88 Å². The summed E-state index contributed by atoms with van der Waals surface area (Å²) in [7, 11) is 0. The van der Waals surface area contributed by atoms with Crippen molar-refractivity contribution in [2.45, 2.75) is 6.54 Å². The first-order valence-corrected chi connectivity index (χ1v) is 5.12. The fourth-order valence-electron chi connectivity index (χ4n) is 1.22. The largest absolute Gasteiger partial charge is 0.493 e. The molecule has 0 spiro atoms. The summed E-state index contributed by atoms with van der Waals surface area (Å²) in [6, 6.07) is 8.90. The SMILES string of the molecule is Oc1ccnc(NCc2ccc(Cl)cc2)n1. The Kier molecular flexibility index (Phi) is 3.22.